The van der Waals surface area contributed by atoms with Crippen LogP contribution < -0.4 is 10.1 Å². The van der Waals surface area contributed by atoms with E-state index >= 15 is 0 Å². The Labute approximate surface area is 94.0 Å². The van der Waals surface area contributed by atoms with E-state index in [9.17, 15) is 0 Å². The third kappa shape index (κ3) is 2.58. The number of hydrogen-bond donors (Lipinski definition) is 1. The molecule has 1 aliphatic rings. The molecule has 1 saturated carbocycles. The van der Waals surface area contributed by atoms with Crippen LogP contribution in [0.1, 0.15) is 12.8 Å². The van der Waals surface area contributed by atoms with Gasteiger partial charge in [0.15, 0.2) is 0 Å². The second-order valence-corrected chi connectivity index (χ2v) is 4.22. The molecule has 1 aromatic rings. The maximum Gasteiger partial charge on any atom is 0.235 e. The van der Waals surface area contributed by atoms with E-state index in [-0.39, 0.29) is 6.10 Å². The fraction of sp³-hybridized carbons (Fsp3) is 0.600. The molecule has 0 radical (unpaired) electrons. The lowest BCUT2D eigenvalue weighted by atomic mass is 9.82. The number of aromatic nitrogens is 2. The smallest absolute Gasteiger partial charge is 0.235 e. The van der Waals surface area contributed by atoms with E-state index in [0.717, 1.165) is 25.3 Å². The Kier molecular flexibility index (Phi) is 3.38. The number of ether oxygens (including phenoxy) is 1. The van der Waals surface area contributed by atoms with E-state index in [4.69, 9.17) is 16.3 Å². The predicted molar refractivity (Wildman–Crippen MR) is 58.1 cm³/mol. The Morgan fingerprint density at radius 3 is 3.07 bits per heavy atom. The third-order valence-corrected chi connectivity index (χ3v) is 2.86. The molecule has 2 rings (SSSR count). The highest BCUT2D eigenvalue weighted by molar-refractivity contribution is 6.31. The van der Waals surface area contributed by atoms with Crippen molar-refractivity contribution in [3.05, 3.63) is 17.5 Å². The van der Waals surface area contributed by atoms with Crippen molar-refractivity contribution in [3.63, 3.8) is 0 Å². The van der Waals surface area contributed by atoms with Gasteiger partial charge >= 0.3 is 0 Å². The molecule has 0 saturated heterocycles. The molecule has 1 aliphatic carbocycles. The zero-order valence-electron chi connectivity index (χ0n) is 8.61. The van der Waals surface area contributed by atoms with Gasteiger partial charge in [-0.15, -0.1) is 0 Å². The number of hydrogen-bond acceptors (Lipinski definition) is 4. The number of rotatable bonds is 4. The lowest BCUT2D eigenvalue weighted by Gasteiger charge is -2.34. The van der Waals surface area contributed by atoms with Crippen LogP contribution in [0, 0.1) is 5.92 Å². The SMILES string of the molecule is CNCC1CC(Oc2ncncc2Cl)C1. The maximum atomic E-state index is 5.88. The Bertz CT molecular complexity index is 328. The van der Waals surface area contributed by atoms with Crippen molar-refractivity contribution in [1.82, 2.24) is 15.3 Å². The van der Waals surface area contributed by atoms with Crippen LogP contribution in [0.2, 0.25) is 5.02 Å². The van der Waals surface area contributed by atoms with E-state index in [1.165, 1.54) is 6.33 Å². The highest BCUT2D eigenvalue weighted by Crippen LogP contribution is 2.32. The Morgan fingerprint density at radius 1 is 1.60 bits per heavy atom. The van der Waals surface area contributed by atoms with Crippen LogP contribution in [-0.2, 0) is 0 Å². The van der Waals surface area contributed by atoms with Crippen LogP contribution in [0.25, 0.3) is 0 Å². The van der Waals surface area contributed by atoms with Crippen LogP contribution in [0.15, 0.2) is 12.5 Å². The lowest BCUT2D eigenvalue weighted by Crippen LogP contribution is -2.38. The summed E-state index contributed by atoms with van der Waals surface area (Å²) >= 11 is 5.88. The normalized spacial score (nSPS) is 24.7. The van der Waals surface area contributed by atoms with E-state index in [0.29, 0.717) is 10.9 Å². The van der Waals surface area contributed by atoms with Crippen LogP contribution in [0.4, 0.5) is 0 Å². The van der Waals surface area contributed by atoms with Crippen LogP contribution >= 0.6 is 11.6 Å². The van der Waals surface area contributed by atoms with Gasteiger partial charge in [0, 0.05) is 0 Å². The van der Waals surface area contributed by atoms with Crippen molar-refractivity contribution < 1.29 is 4.74 Å². The van der Waals surface area contributed by atoms with Gasteiger partial charge in [0.25, 0.3) is 0 Å². The summed E-state index contributed by atoms with van der Waals surface area (Å²) in [4.78, 5) is 7.80. The van der Waals surface area contributed by atoms with Gasteiger partial charge in [-0.25, -0.2) is 9.97 Å². The molecular weight excluding hydrogens is 214 g/mol. The van der Waals surface area contributed by atoms with E-state index in [2.05, 4.69) is 15.3 Å². The Hall–Kier alpha value is -0.870. The lowest BCUT2D eigenvalue weighted by molar-refractivity contribution is 0.0616. The highest BCUT2D eigenvalue weighted by atomic mass is 35.5. The first-order valence-electron chi connectivity index (χ1n) is 5.06. The van der Waals surface area contributed by atoms with Crippen molar-refractivity contribution in [2.75, 3.05) is 13.6 Å². The molecule has 0 unspecified atom stereocenters. The summed E-state index contributed by atoms with van der Waals surface area (Å²) in [6.07, 6.45) is 5.40. The standard InChI is InChI=1S/C10H14ClN3O/c1-12-4-7-2-8(3-7)15-10-9(11)5-13-6-14-10/h5-8,12H,2-4H2,1H3. The first kappa shape index (κ1) is 10.6. The fourth-order valence-electron chi connectivity index (χ4n) is 1.77. The minimum atomic E-state index is 0.260. The molecular formula is C10H14ClN3O. The summed E-state index contributed by atoms with van der Waals surface area (Å²) in [6, 6.07) is 0. The van der Waals surface area contributed by atoms with Crippen molar-refractivity contribution in [3.8, 4) is 5.88 Å². The maximum absolute atomic E-state index is 5.88. The topological polar surface area (TPSA) is 47.0 Å². The average Bonchev–Trinajstić information content (AvgIpc) is 2.18. The van der Waals surface area contributed by atoms with E-state index in [1.807, 2.05) is 7.05 Å². The molecule has 0 atom stereocenters. The summed E-state index contributed by atoms with van der Waals surface area (Å²) < 4.78 is 5.65. The van der Waals surface area contributed by atoms with Crippen LogP contribution in [0.3, 0.4) is 0 Å². The number of nitrogens with one attached hydrogen (secondary N) is 1. The molecule has 5 heteroatoms. The predicted octanol–water partition coefficient (Wildman–Crippen LogP) is 1.51. The van der Waals surface area contributed by atoms with Gasteiger partial charge in [-0.2, -0.15) is 0 Å². The highest BCUT2D eigenvalue weighted by Gasteiger charge is 2.30. The second-order valence-electron chi connectivity index (χ2n) is 3.81. The van der Waals surface area contributed by atoms with E-state index in [1.54, 1.807) is 6.20 Å². The van der Waals surface area contributed by atoms with Gasteiger partial charge in [-0.05, 0) is 32.4 Å². The van der Waals surface area contributed by atoms with Gasteiger partial charge in [0.05, 0.1) is 6.20 Å². The Balaban J connectivity index is 1.82. The van der Waals surface area contributed by atoms with E-state index < -0.39 is 0 Å². The van der Waals surface area contributed by atoms with Gasteiger partial charge in [0.2, 0.25) is 5.88 Å². The van der Waals surface area contributed by atoms with Crippen LogP contribution in [0.5, 0.6) is 5.88 Å². The molecule has 0 spiro atoms. The van der Waals surface area contributed by atoms with Gasteiger partial charge in [-0.3, -0.25) is 0 Å². The fourth-order valence-corrected chi connectivity index (χ4v) is 1.92. The largest absolute Gasteiger partial charge is 0.473 e. The summed E-state index contributed by atoms with van der Waals surface area (Å²) in [5, 5.41) is 3.64. The Morgan fingerprint density at radius 2 is 2.40 bits per heavy atom. The van der Waals surface area contributed by atoms with Crippen molar-refractivity contribution in [2.24, 2.45) is 5.92 Å². The first-order chi connectivity index (χ1) is 7.29. The van der Waals surface area contributed by atoms with Crippen LogP contribution in [-0.4, -0.2) is 29.7 Å². The summed E-state index contributed by atoms with van der Waals surface area (Å²) in [5.74, 6) is 1.22. The van der Waals surface area contributed by atoms with Crippen molar-refractivity contribution >= 4 is 11.6 Å². The first-order valence-corrected chi connectivity index (χ1v) is 5.44. The molecule has 0 amide bonds. The van der Waals surface area contributed by atoms with Gasteiger partial charge in [-0.1, -0.05) is 11.6 Å². The molecule has 1 N–H and O–H groups in total. The molecule has 82 valence electrons. The minimum absolute atomic E-state index is 0.260. The monoisotopic (exact) mass is 227 g/mol. The number of halogens is 1. The zero-order chi connectivity index (χ0) is 10.7. The second kappa shape index (κ2) is 4.77. The molecule has 4 nitrogen and oxygen atoms in total. The summed E-state index contributed by atoms with van der Waals surface area (Å²) in [6.45, 7) is 1.05. The molecule has 0 bridgehead atoms. The van der Waals surface area contributed by atoms with Crippen molar-refractivity contribution in [1.29, 1.82) is 0 Å². The number of nitrogens with zero attached hydrogens (tertiary/aromatic N) is 2. The summed E-state index contributed by atoms with van der Waals surface area (Å²) in [7, 11) is 1.97. The van der Waals surface area contributed by atoms with Gasteiger partial charge < -0.3 is 10.1 Å². The molecule has 1 aromatic heterocycles. The molecule has 1 fully saturated rings. The molecule has 0 aromatic carbocycles. The van der Waals surface area contributed by atoms with Gasteiger partial charge in [0.1, 0.15) is 17.5 Å². The molecule has 0 aliphatic heterocycles. The zero-order valence-corrected chi connectivity index (χ0v) is 9.37. The summed E-state index contributed by atoms with van der Waals surface area (Å²) in [5.41, 5.74) is 0. The average molecular weight is 228 g/mol. The van der Waals surface area contributed by atoms with Crippen molar-refractivity contribution in [2.45, 2.75) is 18.9 Å². The molecule has 1 heterocycles. The third-order valence-electron chi connectivity index (χ3n) is 2.60. The minimum Gasteiger partial charge on any atom is -0.473 e. The quantitative estimate of drug-likeness (QED) is 0.847. The molecule has 15 heavy (non-hydrogen) atoms.